The summed E-state index contributed by atoms with van der Waals surface area (Å²) >= 11 is 0. The van der Waals surface area contributed by atoms with Gasteiger partial charge in [0.05, 0.1) is 5.56 Å². The lowest BCUT2D eigenvalue weighted by molar-refractivity contribution is -0.688. The van der Waals surface area contributed by atoms with Gasteiger partial charge in [0.15, 0.2) is 18.9 Å². The zero-order valence-corrected chi connectivity index (χ0v) is 30.9. The number of carbonyl (C=O) groups is 1. The Labute approximate surface area is 284 Å². The molecule has 250 valence electrons. The van der Waals surface area contributed by atoms with E-state index < -0.39 is 0 Å². The molecule has 0 bridgehead atoms. The molecule has 1 heterocycles. The summed E-state index contributed by atoms with van der Waals surface area (Å²) in [5.41, 5.74) is 9.23. The summed E-state index contributed by atoms with van der Waals surface area (Å²) in [6.45, 7) is 27.9. The first kappa shape index (κ1) is 35.9. The van der Waals surface area contributed by atoms with Crippen molar-refractivity contribution < 1.29 is 18.8 Å². The SMILES string of the molecule is CC(C)(C)c1cc(C[n+]2ccc(-c3ccc(OCCOC(=O)c4cc(C(C)(C)C)cc(C(C)(C)C)c4)cc3)cc2)cc(C(C)(C)C)c1. The Morgan fingerprint density at radius 1 is 0.553 bits per heavy atom. The molecule has 0 aliphatic rings. The molecule has 0 fully saturated rings. The van der Waals surface area contributed by atoms with Gasteiger partial charge in [0, 0.05) is 17.7 Å². The molecule has 4 heteroatoms. The second-order valence-electron chi connectivity index (χ2n) is 17.0. The van der Waals surface area contributed by atoms with Gasteiger partial charge in [-0.25, -0.2) is 9.36 Å². The van der Waals surface area contributed by atoms with Crippen LogP contribution in [0.4, 0.5) is 0 Å². The van der Waals surface area contributed by atoms with Crippen molar-refractivity contribution in [1.29, 1.82) is 0 Å². The molecule has 0 N–H and O–H groups in total. The number of rotatable bonds is 8. The quantitative estimate of drug-likeness (QED) is 0.110. The van der Waals surface area contributed by atoms with Crippen LogP contribution in [-0.2, 0) is 32.9 Å². The van der Waals surface area contributed by atoms with Crippen LogP contribution >= 0.6 is 0 Å². The minimum Gasteiger partial charge on any atom is -0.490 e. The number of pyridine rings is 1. The number of hydrogen-bond donors (Lipinski definition) is 0. The third-order valence-corrected chi connectivity index (χ3v) is 8.65. The van der Waals surface area contributed by atoms with E-state index in [-0.39, 0.29) is 40.8 Å². The summed E-state index contributed by atoms with van der Waals surface area (Å²) in [5.74, 6) is 0.423. The van der Waals surface area contributed by atoms with Crippen LogP contribution in [0, 0.1) is 0 Å². The van der Waals surface area contributed by atoms with E-state index in [2.05, 4.69) is 149 Å². The van der Waals surface area contributed by atoms with Crippen molar-refractivity contribution in [3.8, 4) is 16.9 Å². The maximum absolute atomic E-state index is 13.0. The third kappa shape index (κ3) is 9.79. The van der Waals surface area contributed by atoms with Gasteiger partial charge >= 0.3 is 5.97 Å². The van der Waals surface area contributed by atoms with Gasteiger partial charge in [-0.2, -0.15) is 0 Å². The van der Waals surface area contributed by atoms with E-state index in [0.717, 1.165) is 34.5 Å². The molecule has 0 atom stereocenters. The molecule has 0 saturated heterocycles. The van der Waals surface area contributed by atoms with Crippen molar-refractivity contribution in [2.45, 2.75) is 111 Å². The van der Waals surface area contributed by atoms with Gasteiger partial charge in [0.1, 0.15) is 19.0 Å². The molecule has 3 aromatic carbocycles. The highest BCUT2D eigenvalue weighted by atomic mass is 16.6. The summed E-state index contributed by atoms with van der Waals surface area (Å²) in [6.07, 6.45) is 4.30. The fraction of sp³-hybridized carbons (Fsp3) is 0.442. The molecular weight excluding hydrogens is 578 g/mol. The summed E-state index contributed by atoms with van der Waals surface area (Å²) in [5, 5.41) is 0. The predicted molar refractivity (Wildman–Crippen MR) is 195 cm³/mol. The van der Waals surface area contributed by atoms with E-state index in [4.69, 9.17) is 9.47 Å². The fourth-order valence-corrected chi connectivity index (χ4v) is 5.35. The summed E-state index contributed by atoms with van der Waals surface area (Å²) in [6, 6.07) is 25.6. The topological polar surface area (TPSA) is 39.4 Å². The number of aromatic nitrogens is 1. The molecule has 4 nitrogen and oxygen atoms in total. The zero-order chi connectivity index (χ0) is 34.8. The van der Waals surface area contributed by atoms with Gasteiger partial charge in [-0.15, -0.1) is 0 Å². The number of ether oxygens (including phenoxy) is 2. The van der Waals surface area contributed by atoms with Gasteiger partial charge in [0.25, 0.3) is 0 Å². The lowest BCUT2D eigenvalue weighted by Crippen LogP contribution is -2.33. The summed E-state index contributed by atoms with van der Waals surface area (Å²) < 4.78 is 13.8. The van der Waals surface area contributed by atoms with Crippen molar-refractivity contribution in [1.82, 2.24) is 0 Å². The smallest absolute Gasteiger partial charge is 0.338 e. The average molecular weight is 635 g/mol. The largest absolute Gasteiger partial charge is 0.490 e. The van der Waals surface area contributed by atoms with Crippen LogP contribution in [0.1, 0.15) is 121 Å². The molecule has 0 spiro atoms. The molecule has 0 unspecified atom stereocenters. The van der Waals surface area contributed by atoms with E-state index in [1.807, 2.05) is 24.3 Å². The Kier molecular flexibility index (Phi) is 10.4. The Balaban J connectivity index is 1.35. The molecule has 0 aliphatic heterocycles. The first-order valence-electron chi connectivity index (χ1n) is 16.9. The zero-order valence-electron chi connectivity index (χ0n) is 30.9. The van der Waals surface area contributed by atoms with Crippen LogP contribution in [0.3, 0.4) is 0 Å². The highest BCUT2D eigenvalue weighted by Gasteiger charge is 2.23. The van der Waals surface area contributed by atoms with E-state index in [1.54, 1.807) is 0 Å². The second kappa shape index (κ2) is 13.7. The Bertz CT molecular complexity index is 1610. The summed E-state index contributed by atoms with van der Waals surface area (Å²) in [4.78, 5) is 13.0. The molecule has 4 aromatic rings. The van der Waals surface area contributed by atoms with Crippen molar-refractivity contribution in [2.75, 3.05) is 13.2 Å². The standard InChI is InChI=1S/C43H56NO3/c1-40(2,3)34-23-30(24-35(27-34)41(4,5)6)29-44-19-17-32(18-20-44)31-13-15-38(16-14-31)46-21-22-47-39(45)33-25-36(42(7,8)9)28-37(26-33)43(10,11)12/h13-20,23-28H,21-22,29H2,1-12H3/q+1. The van der Waals surface area contributed by atoms with E-state index in [0.29, 0.717) is 5.56 Å². The van der Waals surface area contributed by atoms with Gasteiger partial charge in [-0.1, -0.05) is 107 Å². The Morgan fingerprint density at radius 2 is 0.979 bits per heavy atom. The van der Waals surface area contributed by atoms with Gasteiger partial charge in [0.2, 0.25) is 0 Å². The number of carbonyl (C=O) groups excluding carboxylic acids is 1. The van der Waals surface area contributed by atoms with Crippen LogP contribution in [0.5, 0.6) is 5.75 Å². The van der Waals surface area contributed by atoms with Crippen LogP contribution in [0.2, 0.25) is 0 Å². The molecule has 0 radical (unpaired) electrons. The third-order valence-electron chi connectivity index (χ3n) is 8.65. The molecule has 0 aliphatic carbocycles. The summed E-state index contributed by atoms with van der Waals surface area (Å²) in [7, 11) is 0. The van der Waals surface area contributed by atoms with Crippen LogP contribution in [0.25, 0.3) is 11.1 Å². The lowest BCUT2D eigenvalue weighted by Gasteiger charge is -2.26. The molecule has 4 rings (SSSR count). The first-order chi connectivity index (χ1) is 21.7. The first-order valence-corrected chi connectivity index (χ1v) is 16.9. The number of benzene rings is 3. The van der Waals surface area contributed by atoms with Crippen LogP contribution in [-0.4, -0.2) is 19.2 Å². The lowest BCUT2D eigenvalue weighted by atomic mass is 9.79. The Hall–Kier alpha value is -3.92. The minimum atomic E-state index is -0.321. The maximum atomic E-state index is 13.0. The van der Waals surface area contributed by atoms with Crippen LogP contribution < -0.4 is 9.30 Å². The molecule has 0 amide bonds. The fourth-order valence-electron chi connectivity index (χ4n) is 5.35. The van der Waals surface area contributed by atoms with Crippen molar-refractivity contribution in [2.24, 2.45) is 0 Å². The molecule has 47 heavy (non-hydrogen) atoms. The minimum absolute atomic E-state index is 0.0679. The van der Waals surface area contributed by atoms with E-state index in [1.165, 1.54) is 16.7 Å². The highest BCUT2D eigenvalue weighted by molar-refractivity contribution is 5.90. The van der Waals surface area contributed by atoms with Gasteiger partial charge in [-0.3, -0.25) is 0 Å². The molecular formula is C43H56NO3+. The second-order valence-corrected chi connectivity index (χ2v) is 17.0. The van der Waals surface area contributed by atoms with Crippen molar-refractivity contribution >= 4 is 5.97 Å². The van der Waals surface area contributed by atoms with Crippen molar-refractivity contribution in [3.05, 3.63) is 119 Å². The average Bonchev–Trinajstić information content (AvgIpc) is 2.98. The van der Waals surface area contributed by atoms with E-state index >= 15 is 0 Å². The van der Waals surface area contributed by atoms with Gasteiger partial charge < -0.3 is 9.47 Å². The number of hydrogen-bond acceptors (Lipinski definition) is 3. The highest BCUT2D eigenvalue weighted by Crippen LogP contribution is 2.32. The normalized spacial score (nSPS) is 12.6. The number of nitrogens with zero attached hydrogens (tertiary/aromatic N) is 1. The maximum Gasteiger partial charge on any atom is 0.338 e. The van der Waals surface area contributed by atoms with E-state index in [9.17, 15) is 4.79 Å². The van der Waals surface area contributed by atoms with Crippen LogP contribution in [0.15, 0.2) is 85.2 Å². The van der Waals surface area contributed by atoms with Gasteiger partial charge in [-0.05, 0) is 91.4 Å². The number of esters is 1. The molecule has 1 aromatic heterocycles. The molecule has 0 saturated carbocycles. The Morgan fingerprint density at radius 3 is 1.43 bits per heavy atom. The van der Waals surface area contributed by atoms with Crippen molar-refractivity contribution in [3.63, 3.8) is 0 Å². The monoisotopic (exact) mass is 634 g/mol. The predicted octanol–water partition coefficient (Wildman–Crippen LogP) is 10.1.